The van der Waals surface area contributed by atoms with Crippen molar-refractivity contribution in [3.63, 3.8) is 0 Å². The molecule has 0 aliphatic heterocycles. The number of aromatic nitrogens is 2. The number of alkyl halides is 2. The topological polar surface area (TPSA) is 49.2 Å². The van der Waals surface area contributed by atoms with Crippen molar-refractivity contribution in [2.24, 2.45) is 0 Å². The third-order valence-corrected chi connectivity index (χ3v) is 2.38. The molecule has 1 heterocycles. The minimum atomic E-state index is -2.44. The van der Waals surface area contributed by atoms with E-state index in [-0.39, 0.29) is 13.2 Å². The van der Waals surface area contributed by atoms with Crippen LogP contribution in [-0.4, -0.2) is 40.6 Å². The van der Waals surface area contributed by atoms with Gasteiger partial charge in [-0.3, -0.25) is 0 Å². The summed E-state index contributed by atoms with van der Waals surface area (Å²) in [7, 11) is 0. The molecule has 0 bridgehead atoms. The van der Waals surface area contributed by atoms with Crippen LogP contribution in [0.1, 0.15) is 5.82 Å². The molecule has 0 aliphatic rings. The predicted molar refractivity (Wildman–Crippen MR) is 49.9 cm³/mol. The van der Waals surface area contributed by atoms with Gasteiger partial charge in [0.25, 0.3) is 6.43 Å². The van der Waals surface area contributed by atoms with E-state index in [0.29, 0.717) is 11.0 Å². The summed E-state index contributed by atoms with van der Waals surface area (Å²) in [5.41, 5.74) is 0. The zero-order chi connectivity index (χ0) is 10.6. The Morgan fingerprint density at radius 3 is 2.71 bits per heavy atom. The summed E-state index contributed by atoms with van der Waals surface area (Å²) < 4.78 is 28.2. The van der Waals surface area contributed by atoms with Crippen molar-refractivity contribution < 1.29 is 13.9 Å². The van der Waals surface area contributed by atoms with Crippen molar-refractivity contribution >= 4 is 16.7 Å². The van der Waals surface area contributed by atoms with Crippen molar-refractivity contribution in [2.45, 2.75) is 13.3 Å². The molecule has 1 rings (SSSR count). The van der Waals surface area contributed by atoms with E-state index in [1.54, 1.807) is 6.92 Å². The van der Waals surface area contributed by atoms with Crippen LogP contribution in [0.5, 0.6) is 0 Å². The molecule has 4 nitrogen and oxygen atoms in total. The molecule has 7 heteroatoms. The van der Waals surface area contributed by atoms with Gasteiger partial charge in [-0.2, -0.15) is 4.37 Å². The van der Waals surface area contributed by atoms with Crippen molar-refractivity contribution in [3.8, 4) is 0 Å². The maximum atomic E-state index is 12.1. The Bertz CT molecular complexity index is 282. The number of aliphatic hydroxyl groups excluding tert-OH is 1. The molecule has 0 unspecified atom stereocenters. The van der Waals surface area contributed by atoms with Crippen LogP contribution in [0.4, 0.5) is 13.9 Å². The first kappa shape index (κ1) is 11.3. The van der Waals surface area contributed by atoms with Crippen LogP contribution >= 0.6 is 11.5 Å². The first-order chi connectivity index (χ1) is 6.63. The average molecular weight is 223 g/mol. The molecular formula is C7H11F2N3OS. The van der Waals surface area contributed by atoms with Crippen LogP contribution in [0.2, 0.25) is 0 Å². The molecule has 0 radical (unpaired) electrons. The van der Waals surface area contributed by atoms with Gasteiger partial charge < -0.3 is 10.0 Å². The monoisotopic (exact) mass is 223 g/mol. The molecule has 0 saturated heterocycles. The van der Waals surface area contributed by atoms with Crippen molar-refractivity contribution in [1.29, 1.82) is 0 Å². The largest absolute Gasteiger partial charge is 0.395 e. The lowest BCUT2D eigenvalue weighted by molar-refractivity contribution is 0.153. The third-order valence-electron chi connectivity index (χ3n) is 1.52. The number of hydrogen-bond donors (Lipinski definition) is 1. The Hall–Kier alpha value is -0.820. The lowest BCUT2D eigenvalue weighted by Gasteiger charge is -2.19. The fourth-order valence-electron chi connectivity index (χ4n) is 0.967. The SMILES string of the molecule is Cc1nsc(N(CCO)CC(F)F)n1. The quantitative estimate of drug-likeness (QED) is 0.806. The number of halogens is 2. The number of anilines is 1. The van der Waals surface area contributed by atoms with Crippen molar-refractivity contribution in [2.75, 3.05) is 24.6 Å². The molecule has 0 aliphatic carbocycles. The summed E-state index contributed by atoms with van der Waals surface area (Å²) in [5, 5.41) is 9.12. The standard InChI is InChI=1S/C7H11F2N3OS/c1-5-10-7(14-11-5)12(2-3-13)4-6(8)9/h6,13H,2-4H2,1H3. The van der Waals surface area contributed by atoms with Gasteiger partial charge >= 0.3 is 0 Å². The van der Waals surface area contributed by atoms with Crippen LogP contribution in [0.25, 0.3) is 0 Å². The Balaban J connectivity index is 2.66. The highest BCUT2D eigenvalue weighted by Gasteiger charge is 2.15. The van der Waals surface area contributed by atoms with Gasteiger partial charge in [-0.25, -0.2) is 13.8 Å². The molecule has 0 aromatic carbocycles. The van der Waals surface area contributed by atoms with Crippen LogP contribution in [0.15, 0.2) is 0 Å². The van der Waals surface area contributed by atoms with Gasteiger partial charge in [0.05, 0.1) is 13.2 Å². The molecule has 1 aromatic rings. The number of aliphatic hydroxyl groups is 1. The summed E-state index contributed by atoms with van der Waals surface area (Å²) >= 11 is 1.06. The summed E-state index contributed by atoms with van der Waals surface area (Å²) in [6, 6.07) is 0. The Morgan fingerprint density at radius 1 is 1.57 bits per heavy atom. The summed E-state index contributed by atoms with van der Waals surface area (Å²) in [6.45, 7) is 1.25. The van der Waals surface area contributed by atoms with Crippen LogP contribution in [0.3, 0.4) is 0 Å². The maximum absolute atomic E-state index is 12.1. The second kappa shape index (κ2) is 5.16. The molecule has 80 valence electrons. The van der Waals surface area contributed by atoms with E-state index < -0.39 is 13.0 Å². The molecule has 1 aromatic heterocycles. The van der Waals surface area contributed by atoms with Gasteiger partial charge in [-0.15, -0.1) is 0 Å². The Morgan fingerprint density at radius 2 is 2.29 bits per heavy atom. The van der Waals surface area contributed by atoms with Crippen molar-refractivity contribution in [3.05, 3.63) is 5.82 Å². The Labute approximate surface area is 84.4 Å². The molecule has 0 saturated carbocycles. The molecule has 1 N–H and O–H groups in total. The smallest absolute Gasteiger partial charge is 0.255 e. The number of hydrogen-bond acceptors (Lipinski definition) is 5. The van der Waals surface area contributed by atoms with Gasteiger partial charge in [0.15, 0.2) is 0 Å². The zero-order valence-corrected chi connectivity index (χ0v) is 8.47. The van der Waals surface area contributed by atoms with E-state index in [1.165, 1.54) is 4.90 Å². The molecular weight excluding hydrogens is 212 g/mol. The fourth-order valence-corrected chi connectivity index (χ4v) is 1.68. The molecule has 0 amide bonds. The minimum Gasteiger partial charge on any atom is -0.395 e. The summed E-state index contributed by atoms with van der Waals surface area (Å²) in [5.74, 6) is 0.558. The Kier molecular flexibility index (Phi) is 4.15. The van der Waals surface area contributed by atoms with Gasteiger partial charge in [0.1, 0.15) is 5.82 Å². The van der Waals surface area contributed by atoms with E-state index in [0.717, 1.165) is 11.5 Å². The van der Waals surface area contributed by atoms with Gasteiger partial charge in [-0.1, -0.05) is 0 Å². The average Bonchev–Trinajstić information content (AvgIpc) is 2.50. The van der Waals surface area contributed by atoms with Crippen LogP contribution in [-0.2, 0) is 0 Å². The normalized spacial score (nSPS) is 10.9. The second-order valence-electron chi connectivity index (χ2n) is 2.68. The van der Waals surface area contributed by atoms with Crippen LogP contribution in [0, 0.1) is 6.92 Å². The minimum absolute atomic E-state index is 0.152. The fraction of sp³-hybridized carbons (Fsp3) is 0.714. The molecule has 14 heavy (non-hydrogen) atoms. The van der Waals surface area contributed by atoms with Gasteiger partial charge in [0.2, 0.25) is 5.13 Å². The second-order valence-corrected chi connectivity index (χ2v) is 3.42. The van der Waals surface area contributed by atoms with Crippen LogP contribution < -0.4 is 4.90 Å². The summed E-state index contributed by atoms with van der Waals surface area (Å²) in [6.07, 6.45) is -2.44. The summed E-state index contributed by atoms with van der Waals surface area (Å²) in [4.78, 5) is 5.30. The van der Waals surface area contributed by atoms with E-state index in [4.69, 9.17) is 5.11 Å². The molecule has 0 fully saturated rings. The highest BCUT2D eigenvalue weighted by atomic mass is 32.1. The number of rotatable bonds is 5. The maximum Gasteiger partial charge on any atom is 0.255 e. The lowest BCUT2D eigenvalue weighted by Crippen LogP contribution is -2.31. The zero-order valence-electron chi connectivity index (χ0n) is 7.65. The number of aryl methyl sites for hydroxylation is 1. The predicted octanol–water partition coefficient (Wildman–Crippen LogP) is 0.910. The van der Waals surface area contributed by atoms with E-state index >= 15 is 0 Å². The highest BCUT2D eigenvalue weighted by Crippen LogP contribution is 2.17. The third kappa shape index (κ3) is 3.15. The first-order valence-corrected chi connectivity index (χ1v) is 4.85. The van der Waals surface area contributed by atoms with E-state index in [9.17, 15) is 8.78 Å². The first-order valence-electron chi connectivity index (χ1n) is 4.07. The molecule has 0 atom stereocenters. The van der Waals surface area contributed by atoms with Gasteiger partial charge in [0, 0.05) is 18.1 Å². The van der Waals surface area contributed by atoms with Crippen molar-refractivity contribution in [1.82, 2.24) is 9.36 Å². The molecule has 0 spiro atoms. The number of nitrogens with zero attached hydrogens (tertiary/aromatic N) is 3. The lowest BCUT2D eigenvalue weighted by atomic mass is 10.5. The highest BCUT2D eigenvalue weighted by molar-refractivity contribution is 7.09. The van der Waals surface area contributed by atoms with E-state index in [2.05, 4.69) is 9.36 Å². The van der Waals surface area contributed by atoms with E-state index in [1.807, 2.05) is 0 Å². The van der Waals surface area contributed by atoms with Gasteiger partial charge in [-0.05, 0) is 6.92 Å².